The number of aliphatic hydroxyl groups excluding tert-OH is 1. The Morgan fingerprint density at radius 3 is 2.59 bits per heavy atom. The lowest BCUT2D eigenvalue weighted by Gasteiger charge is -2.44. The number of anilines is 2. The molecule has 0 saturated carbocycles. The van der Waals surface area contributed by atoms with Gasteiger partial charge in [-0.25, -0.2) is 9.18 Å². The van der Waals surface area contributed by atoms with E-state index in [-0.39, 0.29) is 36.5 Å². The first kappa shape index (κ1) is 22.2. The fourth-order valence-electron chi connectivity index (χ4n) is 5.44. The number of carbonyl (C=O) groups is 1. The Morgan fingerprint density at radius 1 is 1.12 bits per heavy atom. The third kappa shape index (κ3) is 3.76. The molecule has 2 aliphatic rings. The number of likely N-dealkylation sites (tertiary alicyclic amines) is 1. The minimum atomic E-state index is -0.276. The van der Waals surface area contributed by atoms with Gasteiger partial charge in [0, 0.05) is 25.2 Å². The number of methoxy groups -OCH3 is 1. The number of aliphatic hydroxyl groups is 1. The van der Waals surface area contributed by atoms with Gasteiger partial charge in [-0.1, -0.05) is 30.3 Å². The molecule has 2 amide bonds. The van der Waals surface area contributed by atoms with Crippen LogP contribution in [0.15, 0.2) is 66.7 Å². The third-order valence-electron chi connectivity index (χ3n) is 7.14. The molecule has 0 radical (unpaired) electrons. The van der Waals surface area contributed by atoms with Gasteiger partial charge in [0.2, 0.25) is 0 Å². The average molecular weight is 462 g/mol. The molecule has 2 heterocycles. The molecule has 0 unspecified atom stereocenters. The predicted octanol–water partition coefficient (Wildman–Crippen LogP) is 4.91. The number of para-hydroxylation sites is 2. The number of hydrogen-bond acceptors (Lipinski definition) is 4. The van der Waals surface area contributed by atoms with Crippen molar-refractivity contribution in [3.63, 3.8) is 0 Å². The Balaban J connectivity index is 1.53. The van der Waals surface area contributed by atoms with Gasteiger partial charge in [0.15, 0.2) is 0 Å². The Hall–Kier alpha value is -3.58. The minimum absolute atomic E-state index is 0.0127. The summed E-state index contributed by atoms with van der Waals surface area (Å²) in [5, 5.41) is 13.2. The van der Waals surface area contributed by atoms with E-state index in [4.69, 9.17) is 4.74 Å². The first-order valence-corrected chi connectivity index (χ1v) is 11.5. The zero-order valence-corrected chi connectivity index (χ0v) is 19.2. The van der Waals surface area contributed by atoms with Gasteiger partial charge in [-0.3, -0.25) is 0 Å². The number of nitrogens with one attached hydrogen (secondary N) is 1. The Kier molecular flexibility index (Phi) is 5.87. The van der Waals surface area contributed by atoms with Crippen LogP contribution >= 0.6 is 0 Å². The molecule has 176 valence electrons. The van der Waals surface area contributed by atoms with Crippen molar-refractivity contribution in [2.75, 3.05) is 37.5 Å². The molecule has 5 rings (SSSR count). The standard InChI is InChI=1S/C27H28FN3O3/c1-30-23-12-9-18(17-7-10-19(28)11-8-17)15-21(23)26-20(24(30)16-32)13-14-31(26)27(33)29-22-5-3-4-6-25(22)34-2/h3-12,15,20,24,26,32H,13-14,16H2,1-2H3,(H,29,33)/t20-,24+,26-/m1/s1. The van der Waals surface area contributed by atoms with Gasteiger partial charge in [-0.2, -0.15) is 0 Å². The molecule has 2 N–H and O–H groups in total. The highest BCUT2D eigenvalue weighted by molar-refractivity contribution is 5.92. The number of carbonyl (C=O) groups excluding carboxylic acids is 1. The highest BCUT2D eigenvalue weighted by atomic mass is 19.1. The molecule has 0 aliphatic carbocycles. The normalized spacial score (nSPS) is 21.1. The maximum atomic E-state index is 13.5. The molecular weight excluding hydrogens is 433 g/mol. The van der Waals surface area contributed by atoms with Gasteiger partial charge >= 0.3 is 6.03 Å². The smallest absolute Gasteiger partial charge is 0.322 e. The lowest BCUT2D eigenvalue weighted by atomic mass is 9.81. The summed E-state index contributed by atoms with van der Waals surface area (Å²) < 4.78 is 18.9. The summed E-state index contributed by atoms with van der Waals surface area (Å²) >= 11 is 0. The van der Waals surface area contributed by atoms with Crippen LogP contribution in [-0.2, 0) is 0 Å². The second-order valence-electron chi connectivity index (χ2n) is 8.86. The largest absolute Gasteiger partial charge is 0.495 e. The third-order valence-corrected chi connectivity index (χ3v) is 7.14. The van der Waals surface area contributed by atoms with E-state index in [1.807, 2.05) is 48.3 Å². The van der Waals surface area contributed by atoms with Crippen molar-refractivity contribution in [1.82, 2.24) is 4.90 Å². The van der Waals surface area contributed by atoms with E-state index in [1.165, 1.54) is 12.1 Å². The number of hydrogen-bond donors (Lipinski definition) is 2. The molecule has 0 bridgehead atoms. The van der Waals surface area contributed by atoms with E-state index >= 15 is 0 Å². The highest BCUT2D eigenvalue weighted by Crippen LogP contribution is 2.49. The molecule has 2 aliphatic heterocycles. The number of halogens is 1. The van der Waals surface area contributed by atoms with E-state index < -0.39 is 0 Å². The van der Waals surface area contributed by atoms with Crippen LogP contribution in [0.3, 0.4) is 0 Å². The summed E-state index contributed by atoms with van der Waals surface area (Å²) in [4.78, 5) is 17.4. The first-order chi connectivity index (χ1) is 16.5. The van der Waals surface area contributed by atoms with E-state index in [1.54, 1.807) is 19.2 Å². The van der Waals surface area contributed by atoms with Crippen LogP contribution in [0.25, 0.3) is 11.1 Å². The zero-order chi connectivity index (χ0) is 23.8. The monoisotopic (exact) mass is 461 g/mol. The Morgan fingerprint density at radius 2 is 1.85 bits per heavy atom. The van der Waals surface area contributed by atoms with Crippen molar-refractivity contribution in [1.29, 1.82) is 0 Å². The van der Waals surface area contributed by atoms with Gasteiger partial charge in [0.05, 0.1) is 31.5 Å². The molecule has 3 aromatic rings. The highest BCUT2D eigenvalue weighted by Gasteiger charge is 2.47. The predicted molar refractivity (Wildman–Crippen MR) is 131 cm³/mol. The second kappa shape index (κ2) is 8.99. The quantitative estimate of drug-likeness (QED) is 0.580. The molecular formula is C27H28FN3O3. The summed E-state index contributed by atoms with van der Waals surface area (Å²) in [5.74, 6) is 0.416. The van der Waals surface area contributed by atoms with Crippen LogP contribution in [0.4, 0.5) is 20.6 Å². The molecule has 0 spiro atoms. The van der Waals surface area contributed by atoms with E-state index in [0.29, 0.717) is 18.0 Å². The Bertz CT molecular complexity index is 1200. The van der Waals surface area contributed by atoms with Crippen molar-refractivity contribution < 1.29 is 19.0 Å². The van der Waals surface area contributed by atoms with Crippen LogP contribution in [0, 0.1) is 11.7 Å². The van der Waals surface area contributed by atoms with E-state index in [0.717, 1.165) is 28.8 Å². The van der Waals surface area contributed by atoms with Crippen molar-refractivity contribution in [3.8, 4) is 16.9 Å². The Labute approximate surface area is 198 Å². The van der Waals surface area contributed by atoms with Gasteiger partial charge in [0.1, 0.15) is 11.6 Å². The molecule has 3 atom stereocenters. The molecule has 6 nitrogen and oxygen atoms in total. The summed E-state index contributed by atoms with van der Waals surface area (Å²) in [5.41, 5.74) is 4.52. The topological polar surface area (TPSA) is 65.0 Å². The van der Waals surface area contributed by atoms with Gasteiger partial charge in [0.25, 0.3) is 0 Å². The SMILES string of the molecule is COc1ccccc1NC(=O)N1CC[C@H]2[C@@H]1c1cc(-c3ccc(F)cc3)ccc1N(C)[C@H]2CO. The fraction of sp³-hybridized carbons (Fsp3) is 0.296. The number of urea groups is 1. The minimum Gasteiger partial charge on any atom is -0.495 e. The first-order valence-electron chi connectivity index (χ1n) is 11.5. The van der Waals surface area contributed by atoms with Gasteiger partial charge < -0.3 is 25.0 Å². The summed E-state index contributed by atoms with van der Waals surface area (Å²) in [6.45, 7) is 0.597. The fourth-order valence-corrected chi connectivity index (χ4v) is 5.44. The van der Waals surface area contributed by atoms with Crippen LogP contribution < -0.4 is 15.0 Å². The number of fused-ring (bicyclic) bond motifs is 3. The number of rotatable bonds is 4. The van der Waals surface area contributed by atoms with Gasteiger partial charge in [-0.15, -0.1) is 0 Å². The van der Waals surface area contributed by atoms with Crippen molar-refractivity contribution in [2.24, 2.45) is 5.92 Å². The van der Waals surface area contributed by atoms with Crippen LogP contribution in [0.1, 0.15) is 18.0 Å². The van der Waals surface area contributed by atoms with Crippen molar-refractivity contribution >= 4 is 17.4 Å². The summed E-state index contributed by atoms with van der Waals surface area (Å²) in [6.07, 6.45) is 0.791. The number of nitrogens with zero attached hydrogens (tertiary/aromatic N) is 2. The summed E-state index contributed by atoms with van der Waals surface area (Å²) in [7, 11) is 3.57. The van der Waals surface area contributed by atoms with Crippen LogP contribution in [-0.4, -0.2) is 49.4 Å². The molecule has 1 saturated heterocycles. The van der Waals surface area contributed by atoms with Crippen molar-refractivity contribution in [3.05, 3.63) is 78.1 Å². The van der Waals surface area contributed by atoms with Gasteiger partial charge in [-0.05, 0) is 59.5 Å². The number of amides is 2. The lowest BCUT2D eigenvalue weighted by molar-refractivity contribution is 0.168. The molecule has 7 heteroatoms. The molecule has 0 aromatic heterocycles. The second-order valence-corrected chi connectivity index (χ2v) is 8.86. The van der Waals surface area contributed by atoms with Crippen LogP contribution in [0.5, 0.6) is 5.75 Å². The van der Waals surface area contributed by atoms with E-state index in [9.17, 15) is 14.3 Å². The molecule has 3 aromatic carbocycles. The zero-order valence-electron chi connectivity index (χ0n) is 19.2. The maximum absolute atomic E-state index is 13.5. The number of ether oxygens (including phenoxy) is 1. The number of likely N-dealkylation sites (N-methyl/N-ethyl adjacent to an activating group) is 1. The number of benzene rings is 3. The average Bonchev–Trinajstić information content (AvgIpc) is 3.30. The molecule has 1 fully saturated rings. The lowest BCUT2D eigenvalue weighted by Crippen LogP contribution is -2.48. The van der Waals surface area contributed by atoms with Crippen LogP contribution in [0.2, 0.25) is 0 Å². The van der Waals surface area contributed by atoms with Crippen molar-refractivity contribution in [2.45, 2.75) is 18.5 Å². The molecule has 34 heavy (non-hydrogen) atoms. The summed E-state index contributed by atoms with van der Waals surface area (Å²) in [6, 6.07) is 19.4. The van der Waals surface area contributed by atoms with E-state index in [2.05, 4.69) is 16.3 Å². The maximum Gasteiger partial charge on any atom is 0.322 e.